The van der Waals surface area contributed by atoms with Crippen molar-refractivity contribution < 1.29 is 9.90 Å². The Hall–Kier alpha value is -0.610. The van der Waals surface area contributed by atoms with Crippen LogP contribution in [-0.4, -0.2) is 59.1 Å². The SMILES string of the molecule is O=C(O)CCC1CCN(C2CCN(C3CC3)C2)C1. The van der Waals surface area contributed by atoms with Crippen molar-refractivity contribution in [1.82, 2.24) is 9.80 Å². The van der Waals surface area contributed by atoms with Crippen LogP contribution in [0.15, 0.2) is 0 Å². The van der Waals surface area contributed by atoms with E-state index in [9.17, 15) is 4.79 Å². The van der Waals surface area contributed by atoms with Gasteiger partial charge in [0.1, 0.15) is 0 Å². The van der Waals surface area contributed by atoms with Crippen molar-refractivity contribution in [1.29, 1.82) is 0 Å². The van der Waals surface area contributed by atoms with Gasteiger partial charge in [0.05, 0.1) is 0 Å². The molecule has 0 amide bonds. The van der Waals surface area contributed by atoms with Crippen molar-refractivity contribution in [3.63, 3.8) is 0 Å². The van der Waals surface area contributed by atoms with E-state index < -0.39 is 5.97 Å². The van der Waals surface area contributed by atoms with E-state index in [4.69, 9.17) is 5.11 Å². The zero-order valence-electron chi connectivity index (χ0n) is 11.1. The van der Waals surface area contributed by atoms with Gasteiger partial charge < -0.3 is 5.11 Å². The lowest BCUT2D eigenvalue weighted by Gasteiger charge is -2.24. The number of carbonyl (C=O) groups is 1. The zero-order chi connectivity index (χ0) is 12.5. The second kappa shape index (κ2) is 5.17. The first-order chi connectivity index (χ1) is 8.72. The van der Waals surface area contributed by atoms with Crippen LogP contribution >= 0.6 is 0 Å². The minimum Gasteiger partial charge on any atom is -0.481 e. The summed E-state index contributed by atoms with van der Waals surface area (Å²) in [6.45, 7) is 4.87. The largest absolute Gasteiger partial charge is 0.481 e. The van der Waals surface area contributed by atoms with E-state index in [2.05, 4.69) is 9.80 Å². The average molecular weight is 252 g/mol. The quantitative estimate of drug-likeness (QED) is 0.803. The molecule has 0 aromatic carbocycles. The van der Waals surface area contributed by atoms with E-state index >= 15 is 0 Å². The number of nitrogens with zero attached hydrogens (tertiary/aromatic N) is 2. The van der Waals surface area contributed by atoms with Gasteiger partial charge in [0, 0.05) is 38.1 Å². The normalized spacial score (nSPS) is 34.2. The Balaban J connectivity index is 1.43. The summed E-state index contributed by atoms with van der Waals surface area (Å²) >= 11 is 0. The summed E-state index contributed by atoms with van der Waals surface area (Å²) in [7, 11) is 0. The fourth-order valence-corrected chi connectivity index (χ4v) is 3.59. The molecule has 1 saturated carbocycles. The lowest BCUT2D eigenvalue weighted by atomic mass is 10.0. The average Bonchev–Trinajstić information content (AvgIpc) is 2.92. The first-order valence-corrected chi connectivity index (χ1v) is 7.42. The van der Waals surface area contributed by atoms with Gasteiger partial charge in [-0.25, -0.2) is 0 Å². The maximum Gasteiger partial charge on any atom is 0.303 e. The van der Waals surface area contributed by atoms with Crippen LogP contribution in [0.2, 0.25) is 0 Å². The summed E-state index contributed by atoms with van der Waals surface area (Å²) in [5, 5.41) is 8.73. The topological polar surface area (TPSA) is 43.8 Å². The number of carboxylic acids is 1. The van der Waals surface area contributed by atoms with Gasteiger partial charge in [-0.05, 0) is 44.6 Å². The van der Waals surface area contributed by atoms with Crippen molar-refractivity contribution in [2.75, 3.05) is 26.2 Å². The molecular weight excluding hydrogens is 228 g/mol. The third-order valence-electron chi connectivity index (χ3n) is 4.86. The Labute approximate surface area is 109 Å². The smallest absolute Gasteiger partial charge is 0.303 e. The third-order valence-corrected chi connectivity index (χ3v) is 4.86. The summed E-state index contributed by atoms with van der Waals surface area (Å²) in [5.74, 6) is -0.0229. The fraction of sp³-hybridized carbons (Fsp3) is 0.929. The van der Waals surface area contributed by atoms with E-state index in [0.717, 1.165) is 25.0 Å². The van der Waals surface area contributed by atoms with Crippen LogP contribution in [0.25, 0.3) is 0 Å². The van der Waals surface area contributed by atoms with Crippen molar-refractivity contribution in [2.24, 2.45) is 5.92 Å². The molecule has 2 unspecified atom stereocenters. The molecule has 3 fully saturated rings. The predicted molar refractivity (Wildman–Crippen MR) is 69.5 cm³/mol. The van der Waals surface area contributed by atoms with Gasteiger partial charge in [0.25, 0.3) is 0 Å². The molecule has 0 bridgehead atoms. The van der Waals surface area contributed by atoms with E-state index in [1.807, 2.05) is 0 Å². The lowest BCUT2D eigenvalue weighted by molar-refractivity contribution is -0.137. The van der Waals surface area contributed by atoms with Crippen molar-refractivity contribution in [2.45, 2.75) is 50.6 Å². The number of hydrogen-bond donors (Lipinski definition) is 1. The lowest BCUT2D eigenvalue weighted by Crippen LogP contribution is -2.36. The molecule has 3 aliphatic rings. The molecule has 18 heavy (non-hydrogen) atoms. The monoisotopic (exact) mass is 252 g/mol. The standard InChI is InChI=1S/C14H24N2O2/c17-14(18)4-1-11-5-7-15(9-11)13-6-8-16(10-13)12-2-3-12/h11-13H,1-10H2,(H,17,18). The minimum atomic E-state index is -0.644. The molecule has 2 atom stereocenters. The maximum atomic E-state index is 10.6. The third kappa shape index (κ3) is 2.86. The number of rotatable bonds is 5. The molecule has 4 nitrogen and oxygen atoms in total. The van der Waals surface area contributed by atoms with Gasteiger partial charge in [-0.15, -0.1) is 0 Å². The van der Waals surface area contributed by atoms with E-state index in [0.29, 0.717) is 12.3 Å². The van der Waals surface area contributed by atoms with Crippen LogP contribution in [-0.2, 0) is 4.79 Å². The second-order valence-electron chi connectivity index (χ2n) is 6.25. The van der Waals surface area contributed by atoms with Crippen LogP contribution in [0.3, 0.4) is 0 Å². The highest BCUT2D eigenvalue weighted by molar-refractivity contribution is 5.66. The number of hydrogen-bond acceptors (Lipinski definition) is 3. The van der Waals surface area contributed by atoms with Crippen LogP contribution in [0.1, 0.15) is 38.5 Å². The van der Waals surface area contributed by atoms with Crippen molar-refractivity contribution in [3.8, 4) is 0 Å². The van der Waals surface area contributed by atoms with Gasteiger partial charge in [-0.2, -0.15) is 0 Å². The number of aliphatic carboxylic acids is 1. The van der Waals surface area contributed by atoms with Gasteiger partial charge in [-0.1, -0.05) is 0 Å². The van der Waals surface area contributed by atoms with Gasteiger partial charge in [0.2, 0.25) is 0 Å². The predicted octanol–water partition coefficient (Wildman–Crippen LogP) is 1.41. The summed E-state index contributed by atoms with van der Waals surface area (Å²) in [6.07, 6.45) is 6.56. The van der Waals surface area contributed by atoms with Crippen molar-refractivity contribution in [3.05, 3.63) is 0 Å². The molecule has 0 spiro atoms. The van der Waals surface area contributed by atoms with Gasteiger partial charge in [0.15, 0.2) is 0 Å². The highest BCUT2D eigenvalue weighted by atomic mass is 16.4. The molecule has 4 heteroatoms. The summed E-state index contributed by atoms with van der Waals surface area (Å²) in [4.78, 5) is 15.9. The maximum absolute atomic E-state index is 10.6. The summed E-state index contributed by atoms with van der Waals surface area (Å²) in [6, 6.07) is 1.65. The molecule has 2 aliphatic heterocycles. The minimum absolute atomic E-state index is 0.345. The fourth-order valence-electron chi connectivity index (χ4n) is 3.59. The molecule has 0 aromatic rings. The van der Waals surface area contributed by atoms with E-state index in [1.165, 1.54) is 45.3 Å². The van der Waals surface area contributed by atoms with Crippen LogP contribution in [0, 0.1) is 5.92 Å². The summed E-state index contributed by atoms with van der Waals surface area (Å²) < 4.78 is 0. The highest BCUT2D eigenvalue weighted by Crippen LogP contribution is 2.33. The molecule has 1 N–H and O–H groups in total. The second-order valence-corrected chi connectivity index (χ2v) is 6.25. The van der Waals surface area contributed by atoms with Crippen LogP contribution in [0.5, 0.6) is 0 Å². The Morgan fingerprint density at radius 3 is 2.44 bits per heavy atom. The Morgan fingerprint density at radius 2 is 1.72 bits per heavy atom. The van der Waals surface area contributed by atoms with Gasteiger partial charge >= 0.3 is 5.97 Å². The van der Waals surface area contributed by atoms with E-state index in [-0.39, 0.29) is 0 Å². The zero-order valence-corrected chi connectivity index (χ0v) is 11.1. The van der Waals surface area contributed by atoms with Crippen LogP contribution in [0.4, 0.5) is 0 Å². The Kier molecular flexibility index (Phi) is 3.57. The number of carboxylic acid groups (broad SMARTS) is 1. The molecule has 2 heterocycles. The first kappa shape index (κ1) is 12.4. The molecular formula is C14H24N2O2. The Morgan fingerprint density at radius 1 is 1.00 bits per heavy atom. The first-order valence-electron chi connectivity index (χ1n) is 7.42. The summed E-state index contributed by atoms with van der Waals surface area (Å²) in [5.41, 5.74) is 0. The van der Waals surface area contributed by atoms with Crippen molar-refractivity contribution >= 4 is 5.97 Å². The molecule has 1 aliphatic carbocycles. The molecule has 3 rings (SSSR count). The molecule has 2 saturated heterocycles. The van der Waals surface area contributed by atoms with Crippen LogP contribution < -0.4 is 0 Å². The molecule has 102 valence electrons. The molecule has 0 radical (unpaired) electrons. The van der Waals surface area contributed by atoms with E-state index in [1.54, 1.807) is 0 Å². The van der Waals surface area contributed by atoms with Gasteiger partial charge in [-0.3, -0.25) is 14.6 Å². The Bertz CT molecular complexity index is 317. The number of likely N-dealkylation sites (tertiary alicyclic amines) is 2. The molecule has 0 aromatic heterocycles. The highest BCUT2D eigenvalue weighted by Gasteiger charge is 2.38.